The average Bonchev–Trinajstić information content (AvgIpc) is 2.42. The molecule has 0 aliphatic heterocycles. The van der Waals surface area contributed by atoms with Crippen LogP contribution in [-0.2, 0) is 0 Å². The second kappa shape index (κ2) is 6.26. The Bertz CT molecular complexity index is 464. The molecule has 1 aromatic rings. The molecule has 0 spiro atoms. The maximum Gasteiger partial charge on any atom is 0.251 e. The molecule has 1 saturated carbocycles. The van der Waals surface area contributed by atoms with E-state index in [4.69, 9.17) is 16.3 Å². The van der Waals surface area contributed by atoms with Crippen LogP contribution in [0.25, 0.3) is 0 Å². The van der Waals surface area contributed by atoms with Crippen molar-refractivity contribution in [1.82, 2.24) is 5.32 Å². The van der Waals surface area contributed by atoms with Crippen molar-refractivity contribution in [3.05, 3.63) is 28.8 Å². The van der Waals surface area contributed by atoms with Gasteiger partial charge in [0.25, 0.3) is 5.91 Å². The third-order valence-corrected chi connectivity index (χ3v) is 3.77. The number of ether oxygens (including phenoxy) is 1. The Morgan fingerprint density at radius 1 is 1.42 bits per heavy atom. The molecule has 2 rings (SSSR count). The summed E-state index contributed by atoms with van der Waals surface area (Å²) in [6.45, 7) is 0. The van der Waals surface area contributed by atoms with Gasteiger partial charge < -0.3 is 15.2 Å². The van der Waals surface area contributed by atoms with Gasteiger partial charge in [-0.05, 0) is 31.0 Å². The van der Waals surface area contributed by atoms with Gasteiger partial charge in [-0.15, -0.1) is 0 Å². The molecule has 0 saturated heterocycles. The number of nitrogens with one attached hydrogen (secondary N) is 1. The van der Waals surface area contributed by atoms with Gasteiger partial charge >= 0.3 is 0 Å². The summed E-state index contributed by atoms with van der Waals surface area (Å²) in [5, 5.41) is 13.2. The fourth-order valence-electron chi connectivity index (χ4n) is 2.33. The maximum atomic E-state index is 12.1. The standard InChI is InChI=1S/C14H18ClNO3/c1-19-13-8-9(6-7-10(13)15)14(18)16-11-4-2-3-5-12(11)17/h6-8,11-12,17H,2-5H2,1H3,(H,16,18). The van der Waals surface area contributed by atoms with E-state index < -0.39 is 6.10 Å². The first kappa shape index (κ1) is 14.2. The summed E-state index contributed by atoms with van der Waals surface area (Å²) in [6.07, 6.45) is 3.16. The first-order valence-corrected chi connectivity index (χ1v) is 6.82. The predicted molar refractivity (Wildman–Crippen MR) is 73.7 cm³/mol. The van der Waals surface area contributed by atoms with Gasteiger partial charge in [0.15, 0.2) is 0 Å². The van der Waals surface area contributed by atoms with E-state index >= 15 is 0 Å². The van der Waals surface area contributed by atoms with Gasteiger partial charge in [-0.2, -0.15) is 0 Å². The summed E-state index contributed by atoms with van der Waals surface area (Å²) in [4.78, 5) is 12.1. The molecule has 2 N–H and O–H groups in total. The fourth-order valence-corrected chi connectivity index (χ4v) is 2.53. The highest BCUT2D eigenvalue weighted by Gasteiger charge is 2.25. The molecule has 5 heteroatoms. The van der Waals surface area contributed by atoms with Crippen LogP contribution in [-0.4, -0.2) is 30.3 Å². The minimum atomic E-state index is -0.452. The number of hydrogen-bond acceptors (Lipinski definition) is 3. The highest BCUT2D eigenvalue weighted by Crippen LogP contribution is 2.25. The lowest BCUT2D eigenvalue weighted by Crippen LogP contribution is -2.45. The molecule has 1 amide bonds. The van der Waals surface area contributed by atoms with E-state index in [0.29, 0.717) is 16.3 Å². The molecular formula is C14H18ClNO3. The zero-order chi connectivity index (χ0) is 13.8. The zero-order valence-electron chi connectivity index (χ0n) is 10.9. The van der Waals surface area contributed by atoms with Crippen LogP contribution in [0.1, 0.15) is 36.0 Å². The molecule has 0 radical (unpaired) electrons. The Morgan fingerprint density at radius 3 is 2.84 bits per heavy atom. The van der Waals surface area contributed by atoms with Crippen molar-refractivity contribution in [2.75, 3.05) is 7.11 Å². The van der Waals surface area contributed by atoms with Gasteiger partial charge in [0, 0.05) is 5.56 Å². The fraction of sp³-hybridized carbons (Fsp3) is 0.500. The lowest BCUT2D eigenvalue weighted by Gasteiger charge is -2.28. The minimum Gasteiger partial charge on any atom is -0.495 e. The Morgan fingerprint density at radius 2 is 2.16 bits per heavy atom. The summed E-state index contributed by atoms with van der Waals surface area (Å²) in [6, 6.07) is 4.72. The van der Waals surface area contributed by atoms with Gasteiger partial charge in [0.2, 0.25) is 0 Å². The van der Waals surface area contributed by atoms with Crippen molar-refractivity contribution in [1.29, 1.82) is 0 Å². The number of aliphatic hydroxyl groups is 1. The van der Waals surface area contributed by atoms with E-state index in [1.165, 1.54) is 7.11 Å². The minimum absolute atomic E-state index is 0.164. The monoisotopic (exact) mass is 283 g/mol. The number of aliphatic hydroxyl groups excluding tert-OH is 1. The van der Waals surface area contributed by atoms with Gasteiger partial charge in [0.05, 0.1) is 24.3 Å². The van der Waals surface area contributed by atoms with Crippen LogP contribution in [0.2, 0.25) is 5.02 Å². The van der Waals surface area contributed by atoms with Crippen LogP contribution in [0.3, 0.4) is 0 Å². The first-order valence-electron chi connectivity index (χ1n) is 6.44. The van der Waals surface area contributed by atoms with Crippen molar-refractivity contribution < 1.29 is 14.6 Å². The maximum absolute atomic E-state index is 12.1. The van der Waals surface area contributed by atoms with E-state index in [9.17, 15) is 9.90 Å². The molecule has 104 valence electrons. The summed E-state index contributed by atoms with van der Waals surface area (Å²) in [5.41, 5.74) is 0.485. The summed E-state index contributed by atoms with van der Waals surface area (Å²) >= 11 is 5.92. The van der Waals surface area contributed by atoms with Gasteiger partial charge in [-0.1, -0.05) is 24.4 Å². The predicted octanol–water partition coefficient (Wildman–Crippen LogP) is 2.38. The second-order valence-corrected chi connectivity index (χ2v) is 5.19. The van der Waals surface area contributed by atoms with Crippen molar-refractivity contribution in [3.63, 3.8) is 0 Å². The Balaban J connectivity index is 2.07. The number of rotatable bonds is 3. The van der Waals surface area contributed by atoms with E-state index in [1.54, 1.807) is 18.2 Å². The van der Waals surface area contributed by atoms with Crippen molar-refractivity contribution in [2.45, 2.75) is 37.8 Å². The van der Waals surface area contributed by atoms with Crippen LogP contribution in [0.4, 0.5) is 0 Å². The van der Waals surface area contributed by atoms with Crippen LogP contribution < -0.4 is 10.1 Å². The Labute approximate surface area is 117 Å². The molecule has 0 aromatic heterocycles. The quantitative estimate of drug-likeness (QED) is 0.895. The van der Waals surface area contributed by atoms with E-state index in [-0.39, 0.29) is 11.9 Å². The third kappa shape index (κ3) is 3.39. The smallest absolute Gasteiger partial charge is 0.251 e. The molecule has 19 heavy (non-hydrogen) atoms. The van der Waals surface area contributed by atoms with Crippen LogP contribution in [0, 0.1) is 0 Å². The average molecular weight is 284 g/mol. The molecule has 1 aliphatic carbocycles. The van der Waals surface area contributed by atoms with Crippen molar-refractivity contribution in [2.24, 2.45) is 0 Å². The summed E-state index contributed by atoms with van der Waals surface area (Å²) in [7, 11) is 1.51. The van der Waals surface area contributed by atoms with E-state index in [1.807, 2.05) is 0 Å². The summed E-state index contributed by atoms with van der Waals surface area (Å²) < 4.78 is 5.09. The number of hydrogen-bond donors (Lipinski definition) is 2. The lowest BCUT2D eigenvalue weighted by atomic mass is 9.92. The molecule has 1 aromatic carbocycles. The third-order valence-electron chi connectivity index (χ3n) is 3.46. The SMILES string of the molecule is COc1cc(C(=O)NC2CCCCC2O)ccc1Cl. The number of methoxy groups -OCH3 is 1. The van der Waals surface area contributed by atoms with Gasteiger partial charge in [0.1, 0.15) is 5.75 Å². The highest BCUT2D eigenvalue weighted by molar-refractivity contribution is 6.32. The number of carbonyl (C=O) groups excluding carboxylic acids is 1. The van der Waals surface area contributed by atoms with Crippen LogP contribution >= 0.6 is 11.6 Å². The number of benzene rings is 1. The molecule has 0 bridgehead atoms. The highest BCUT2D eigenvalue weighted by atomic mass is 35.5. The first-order chi connectivity index (χ1) is 9.11. The van der Waals surface area contributed by atoms with Gasteiger partial charge in [-0.3, -0.25) is 4.79 Å². The molecule has 1 aliphatic rings. The Kier molecular flexibility index (Phi) is 4.66. The zero-order valence-corrected chi connectivity index (χ0v) is 11.6. The topological polar surface area (TPSA) is 58.6 Å². The van der Waals surface area contributed by atoms with E-state index in [0.717, 1.165) is 25.7 Å². The number of amides is 1. The van der Waals surface area contributed by atoms with Crippen molar-refractivity contribution >= 4 is 17.5 Å². The second-order valence-electron chi connectivity index (χ2n) is 4.78. The molecule has 2 atom stereocenters. The normalized spacial score (nSPS) is 22.9. The van der Waals surface area contributed by atoms with Crippen LogP contribution in [0.15, 0.2) is 18.2 Å². The Hall–Kier alpha value is -1.26. The molecule has 4 nitrogen and oxygen atoms in total. The molecule has 1 fully saturated rings. The van der Waals surface area contributed by atoms with E-state index in [2.05, 4.69) is 5.32 Å². The molecule has 0 heterocycles. The summed E-state index contributed by atoms with van der Waals surface area (Å²) in [5.74, 6) is 0.263. The largest absolute Gasteiger partial charge is 0.495 e. The molecule has 2 unspecified atom stereocenters. The van der Waals surface area contributed by atoms with Crippen LogP contribution in [0.5, 0.6) is 5.75 Å². The number of carbonyl (C=O) groups is 1. The van der Waals surface area contributed by atoms with Crippen molar-refractivity contribution in [3.8, 4) is 5.75 Å². The lowest BCUT2D eigenvalue weighted by molar-refractivity contribution is 0.0717. The van der Waals surface area contributed by atoms with Gasteiger partial charge in [-0.25, -0.2) is 0 Å². The number of halogens is 1. The molecular weight excluding hydrogens is 266 g/mol.